The molecule has 1 aromatic heterocycles. The Balaban J connectivity index is 1.90. The Hall–Kier alpha value is -1.92. The summed E-state index contributed by atoms with van der Waals surface area (Å²) in [7, 11) is -3.22. The molecule has 114 valence electrons. The minimum Gasteiger partial charge on any atom is -0.304 e. The lowest BCUT2D eigenvalue weighted by atomic mass is 10.2. The number of anilines is 1. The monoisotopic (exact) mass is 333 g/mol. The van der Waals surface area contributed by atoms with Crippen molar-refractivity contribution in [2.75, 3.05) is 10.7 Å². The lowest BCUT2D eigenvalue weighted by Crippen LogP contribution is -2.42. The molecule has 1 aliphatic heterocycles. The fourth-order valence-corrected chi connectivity index (χ4v) is 4.44. The maximum Gasteiger partial charge on any atom is 0.232 e. The van der Waals surface area contributed by atoms with Gasteiger partial charge in [0.1, 0.15) is 0 Å². The summed E-state index contributed by atoms with van der Waals surface area (Å²) in [6.07, 6.45) is 1.87. The molecule has 0 radical (unpaired) electrons. The second kappa shape index (κ2) is 6.06. The van der Waals surface area contributed by atoms with Crippen LogP contribution in [0, 0.1) is 0 Å². The van der Waals surface area contributed by atoms with Crippen molar-refractivity contribution in [3.63, 3.8) is 0 Å². The molecular weight excluding hydrogens is 318 g/mol. The van der Waals surface area contributed by atoms with E-state index in [1.807, 2.05) is 47.8 Å². The van der Waals surface area contributed by atoms with Crippen LogP contribution >= 0.6 is 11.3 Å². The fraction of sp³-hybridized carbons (Fsp3) is 0.188. The minimum absolute atomic E-state index is 0.0575. The van der Waals surface area contributed by atoms with Gasteiger partial charge in [0, 0.05) is 16.0 Å². The average Bonchev–Trinajstić information content (AvgIpc) is 3.10. The molecule has 0 unspecified atom stereocenters. The molecule has 1 atom stereocenters. The van der Waals surface area contributed by atoms with Crippen LogP contribution in [0.5, 0.6) is 0 Å². The van der Waals surface area contributed by atoms with Gasteiger partial charge in [0.2, 0.25) is 5.91 Å². The first-order chi connectivity index (χ1) is 10.6. The molecule has 6 heteroatoms. The van der Waals surface area contributed by atoms with Gasteiger partial charge in [0.25, 0.3) is 0 Å². The van der Waals surface area contributed by atoms with Crippen LogP contribution in [0.4, 0.5) is 5.69 Å². The summed E-state index contributed by atoms with van der Waals surface area (Å²) in [5.41, 5.74) is 0.718. The van der Waals surface area contributed by atoms with Crippen molar-refractivity contribution >= 4 is 32.8 Å². The number of carbonyl (C=O) groups is 1. The first kappa shape index (κ1) is 15.0. The van der Waals surface area contributed by atoms with Gasteiger partial charge in [-0.05, 0) is 29.7 Å². The molecule has 0 saturated heterocycles. The largest absolute Gasteiger partial charge is 0.304 e. The molecule has 2 heterocycles. The molecule has 0 saturated carbocycles. The van der Waals surface area contributed by atoms with Gasteiger partial charge in [-0.2, -0.15) is 0 Å². The van der Waals surface area contributed by atoms with E-state index in [0.717, 1.165) is 10.6 Å². The van der Waals surface area contributed by atoms with E-state index >= 15 is 0 Å². The number of thiophene rings is 1. The highest BCUT2D eigenvalue weighted by atomic mass is 32.2. The number of rotatable bonds is 4. The van der Waals surface area contributed by atoms with Gasteiger partial charge in [-0.3, -0.25) is 4.79 Å². The first-order valence-electron chi connectivity index (χ1n) is 6.86. The zero-order valence-corrected chi connectivity index (χ0v) is 13.4. The molecule has 1 aromatic carbocycles. The van der Waals surface area contributed by atoms with Crippen LogP contribution in [0.3, 0.4) is 0 Å². The summed E-state index contributed by atoms with van der Waals surface area (Å²) in [6.45, 7) is 0. The molecule has 0 fully saturated rings. The normalized spacial score (nSPS) is 19.2. The summed E-state index contributed by atoms with van der Waals surface area (Å²) in [6, 6.07) is 12.6. The number of nitrogens with zero attached hydrogens (tertiary/aromatic N) is 1. The third-order valence-electron chi connectivity index (χ3n) is 3.45. The van der Waals surface area contributed by atoms with Crippen molar-refractivity contribution in [3.05, 3.63) is 64.2 Å². The minimum atomic E-state index is -3.22. The number of carbonyl (C=O) groups excluding carboxylic acids is 1. The Labute approximate surface area is 133 Å². The van der Waals surface area contributed by atoms with Crippen LogP contribution in [0.15, 0.2) is 59.3 Å². The van der Waals surface area contributed by atoms with Crippen molar-refractivity contribution < 1.29 is 13.2 Å². The smallest absolute Gasteiger partial charge is 0.232 e. The van der Waals surface area contributed by atoms with Gasteiger partial charge in [0.05, 0.1) is 18.2 Å². The van der Waals surface area contributed by atoms with Gasteiger partial charge in [-0.1, -0.05) is 24.3 Å². The number of sulfone groups is 1. The Morgan fingerprint density at radius 3 is 2.55 bits per heavy atom. The molecule has 0 bridgehead atoms. The summed E-state index contributed by atoms with van der Waals surface area (Å²) in [4.78, 5) is 15.3. The lowest BCUT2D eigenvalue weighted by Gasteiger charge is -2.27. The maximum absolute atomic E-state index is 12.7. The van der Waals surface area contributed by atoms with Gasteiger partial charge in [-0.25, -0.2) is 8.42 Å². The zero-order chi connectivity index (χ0) is 15.6. The van der Waals surface area contributed by atoms with E-state index in [2.05, 4.69) is 0 Å². The van der Waals surface area contributed by atoms with E-state index in [0.29, 0.717) is 0 Å². The van der Waals surface area contributed by atoms with Crippen LogP contribution in [-0.2, 0) is 21.1 Å². The Morgan fingerprint density at radius 2 is 1.95 bits per heavy atom. The van der Waals surface area contributed by atoms with E-state index in [4.69, 9.17) is 0 Å². The molecule has 2 aromatic rings. The fourth-order valence-electron chi connectivity index (χ4n) is 2.48. The Bertz CT molecular complexity index is 780. The third kappa shape index (κ3) is 3.28. The van der Waals surface area contributed by atoms with E-state index in [1.165, 1.54) is 16.7 Å². The van der Waals surface area contributed by atoms with Gasteiger partial charge in [-0.15, -0.1) is 11.3 Å². The van der Waals surface area contributed by atoms with E-state index in [9.17, 15) is 13.2 Å². The predicted octanol–water partition coefficient (Wildman–Crippen LogP) is 2.63. The number of amides is 1. The topological polar surface area (TPSA) is 54.5 Å². The van der Waals surface area contributed by atoms with E-state index in [-0.39, 0.29) is 18.1 Å². The standard InChI is InChI=1S/C16H15NO3S2/c18-16(11-15-7-4-9-21-15)17(13-5-2-1-3-6-13)14-8-10-22(19,20)12-14/h1-10,14H,11-12H2/t14-/m0/s1. The Morgan fingerprint density at radius 1 is 1.18 bits per heavy atom. The average molecular weight is 333 g/mol. The van der Waals surface area contributed by atoms with Crippen LogP contribution in [-0.4, -0.2) is 26.1 Å². The molecule has 1 aliphatic rings. The summed E-state index contributed by atoms with van der Waals surface area (Å²) < 4.78 is 23.4. The van der Waals surface area contributed by atoms with Crippen molar-refractivity contribution in [1.82, 2.24) is 0 Å². The van der Waals surface area contributed by atoms with Crippen LogP contribution < -0.4 is 4.90 Å². The molecule has 0 aliphatic carbocycles. The molecule has 0 spiro atoms. The SMILES string of the molecule is O=C(Cc1cccs1)N(c1ccccc1)[C@H]1C=CS(=O)(=O)C1. The summed E-state index contributed by atoms with van der Waals surface area (Å²) >= 11 is 1.52. The third-order valence-corrected chi connectivity index (χ3v) is 5.71. The molecule has 3 rings (SSSR count). The molecule has 1 amide bonds. The first-order valence-corrected chi connectivity index (χ1v) is 9.45. The van der Waals surface area contributed by atoms with Gasteiger partial charge < -0.3 is 4.90 Å². The van der Waals surface area contributed by atoms with Crippen molar-refractivity contribution in [1.29, 1.82) is 0 Å². The number of benzene rings is 1. The predicted molar refractivity (Wildman–Crippen MR) is 88.7 cm³/mol. The highest BCUT2D eigenvalue weighted by Crippen LogP contribution is 2.24. The van der Waals surface area contributed by atoms with Crippen molar-refractivity contribution in [2.24, 2.45) is 0 Å². The van der Waals surface area contributed by atoms with Gasteiger partial charge >= 0.3 is 0 Å². The van der Waals surface area contributed by atoms with Crippen molar-refractivity contribution in [3.8, 4) is 0 Å². The highest BCUT2D eigenvalue weighted by Gasteiger charge is 2.31. The second-order valence-electron chi connectivity index (χ2n) is 5.08. The maximum atomic E-state index is 12.7. The number of hydrogen-bond acceptors (Lipinski definition) is 4. The lowest BCUT2D eigenvalue weighted by molar-refractivity contribution is -0.118. The molecular formula is C16H15NO3S2. The van der Waals surface area contributed by atoms with Gasteiger partial charge in [0.15, 0.2) is 9.84 Å². The molecule has 22 heavy (non-hydrogen) atoms. The van der Waals surface area contributed by atoms with Crippen molar-refractivity contribution in [2.45, 2.75) is 12.5 Å². The van der Waals surface area contributed by atoms with Crippen LogP contribution in [0.1, 0.15) is 4.88 Å². The highest BCUT2D eigenvalue weighted by molar-refractivity contribution is 7.94. The van der Waals surface area contributed by atoms with E-state index in [1.54, 1.807) is 11.0 Å². The summed E-state index contributed by atoms with van der Waals surface area (Å²) in [5.74, 6) is -0.154. The van der Waals surface area contributed by atoms with Crippen LogP contribution in [0.2, 0.25) is 0 Å². The summed E-state index contributed by atoms with van der Waals surface area (Å²) in [5, 5.41) is 3.13. The number of hydrogen-bond donors (Lipinski definition) is 0. The molecule has 0 N–H and O–H groups in total. The second-order valence-corrected chi connectivity index (χ2v) is 8.04. The van der Waals surface area contributed by atoms with E-state index < -0.39 is 15.9 Å². The Kier molecular flexibility index (Phi) is 4.13. The number of para-hydroxylation sites is 1. The quantitative estimate of drug-likeness (QED) is 0.864. The van der Waals surface area contributed by atoms with Crippen LogP contribution in [0.25, 0.3) is 0 Å². The zero-order valence-electron chi connectivity index (χ0n) is 11.8. The molecule has 4 nitrogen and oxygen atoms in total.